The number of hydrogen-bond donors (Lipinski definition) is 1. The molecule has 98 valence electrons. The quantitative estimate of drug-likeness (QED) is 0.870. The van der Waals surface area contributed by atoms with E-state index in [9.17, 15) is 4.79 Å². The molecular formula is C14H13NO3S. The molecule has 1 N–H and O–H groups in total. The first-order chi connectivity index (χ1) is 9.11. The van der Waals surface area contributed by atoms with Crippen molar-refractivity contribution in [1.29, 1.82) is 0 Å². The number of ether oxygens (including phenoxy) is 1. The fourth-order valence-electron chi connectivity index (χ4n) is 1.65. The Morgan fingerprint density at radius 1 is 1.42 bits per heavy atom. The van der Waals surface area contributed by atoms with Crippen LogP contribution in [0.1, 0.15) is 10.6 Å². The molecule has 0 unspecified atom stereocenters. The van der Waals surface area contributed by atoms with Crippen LogP contribution in [0.15, 0.2) is 30.3 Å². The molecule has 4 nitrogen and oxygen atoms in total. The van der Waals surface area contributed by atoms with Crippen LogP contribution in [-0.2, 0) is 4.79 Å². The number of para-hydroxylation sites is 1. The summed E-state index contributed by atoms with van der Waals surface area (Å²) in [6, 6.07) is 7.62. The van der Waals surface area contributed by atoms with Crippen LogP contribution in [0.25, 0.3) is 16.6 Å². The largest absolute Gasteiger partial charge is 0.496 e. The Morgan fingerprint density at radius 3 is 2.84 bits per heavy atom. The maximum atomic E-state index is 10.5. The van der Waals surface area contributed by atoms with Crippen LogP contribution in [0.3, 0.4) is 0 Å². The first kappa shape index (κ1) is 13.3. The van der Waals surface area contributed by atoms with Crippen molar-refractivity contribution < 1.29 is 14.6 Å². The minimum absolute atomic E-state index is 0.755. The number of benzene rings is 1. The smallest absolute Gasteiger partial charge is 0.328 e. The van der Waals surface area contributed by atoms with Crippen LogP contribution < -0.4 is 4.74 Å². The average molecular weight is 275 g/mol. The molecule has 1 aromatic carbocycles. The highest BCUT2D eigenvalue weighted by atomic mass is 32.1. The maximum Gasteiger partial charge on any atom is 0.328 e. The Hall–Kier alpha value is -2.14. The van der Waals surface area contributed by atoms with Gasteiger partial charge in [0.2, 0.25) is 0 Å². The molecule has 0 aliphatic rings. The van der Waals surface area contributed by atoms with Gasteiger partial charge in [-0.1, -0.05) is 12.1 Å². The number of carboxylic acids is 1. The lowest BCUT2D eigenvalue weighted by atomic mass is 10.2. The van der Waals surface area contributed by atoms with Crippen LogP contribution in [0, 0.1) is 6.92 Å². The summed E-state index contributed by atoms with van der Waals surface area (Å²) in [5.74, 6) is -0.211. The van der Waals surface area contributed by atoms with E-state index in [4.69, 9.17) is 9.84 Å². The molecule has 0 radical (unpaired) electrons. The van der Waals surface area contributed by atoms with Crippen molar-refractivity contribution >= 4 is 23.4 Å². The molecule has 0 bridgehead atoms. The van der Waals surface area contributed by atoms with Gasteiger partial charge in [0.15, 0.2) is 0 Å². The molecular weight excluding hydrogens is 262 g/mol. The van der Waals surface area contributed by atoms with Gasteiger partial charge in [0.25, 0.3) is 0 Å². The molecule has 0 spiro atoms. The van der Waals surface area contributed by atoms with E-state index in [0.29, 0.717) is 0 Å². The van der Waals surface area contributed by atoms with Crippen LogP contribution >= 0.6 is 11.3 Å². The summed E-state index contributed by atoms with van der Waals surface area (Å²) in [4.78, 5) is 15.8. The lowest BCUT2D eigenvalue weighted by Gasteiger charge is -2.04. The van der Waals surface area contributed by atoms with Crippen molar-refractivity contribution in [3.63, 3.8) is 0 Å². The second-order valence-corrected chi connectivity index (χ2v) is 4.87. The Balaban J connectivity index is 2.42. The predicted octanol–water partition coefficient (Wildman–Crippen LogP) is 3.22. The van der Waals surface area contributed by atoms with E-state index in [1.807, 2.05) is 31.2 Å². The molecule has 0 saturated carbocycles. The second kappa shape index (κ2) is 5.67. The Labute approximate surface area is 115 Å². The van der Waals surface area contributed by atoms with Crippen molar-refractivity contribution in [2.75, 3.05) is 7.11 Å². The van der Waals surface area contributed by atoms with Gasteiger partial charge in [-0.3, -0.25) is 0 Å². The SMILES string of the molecule is COc1ccccc1-c1nc(C)c(/C=C/C(=O)O)s1. The third kappa shape index (κ3) is 3.00. The predicted molar refractivity (Wildman–Crippen MR) is 75.5 cm³/mol. The Morgan fingerprint density at radius 2 is 2.16 bits per heavy atom. The number of thiazole rings is 1. The van der Waals surface area contributed by atoms with Gasteiger partial charge in [-0.25, -0.2) is 9.78 Å². The number of aryl methyl sites for hydroxylation is 1. The number of aliphatic carboxylic acids is 1. The van der Waals surface area contributed by atoms with E-state index in [1.54, 1.807) is 13.2 Å². The summed E-state index contributed by atoms with van der Waals surface area (Å²) >= 11 is 1.44. The highest BCUT2D eigenvalue weighted by Crippen LogP contribution is 2.34. The average Bonchev–Trinajstić information content (AvgIpc) is 2.77. The molecule has 0 saturated heterocycles. The Kier molecular flexibility index (Phi) is 3.97. The second-order valence-electron chi connectivity index (χ2n) is 3.84. The standard InChI is InChI=1S/C14H13NO3S/c1-9-12(7-8-13(16)17)19-14(15-9)10-5-3-4-6-11(10)18-2/h3-8H,1-2H3,(H,16,17)/b8-7+. The summed E-state index contributed by atoms with van der Waals surface area (Å²) in [6.07, 6.45) is 2.68. The molecule has 5 heteroatoms. The molecule has 0 atom stereocenters. The zero-order valence-electron chi connectivity index (χ0n) is 10.6. The molecule has 0 aliphatic heterocycles. The summed E-state index contributed by atoms with van der Waals surface area (Å²) in [5, 5.41) is 9.47. The number of nitrogens with zero attached hydrogens (tertiary/aromatic N) is 1. The number of rotatable bonds is 4. The van der Waals surface area contributed by atoms with E-state index >= 15 is 0 Å². The lowest BCUT2D eigenvalue weighted by molar-refractivity contribution is -0.131. The third-order valence-corrected chi connectivity index (χ3v) is 3.70. The number of aromatic nitrogens is 1. The highest BCUT2D eigenvalue weighted by Gasteiger charge is 2.11. The zero-order chi connectivity index (χ0) is 13.8. The van der Waals surface area contributed by atoms with E-state index in [2.05, 4.69) is 4.98 Å². The van der Waals surface area contributed by atoms with Gasteiger partial charge in [0.05, 0.1) is 23.2 Å². The molecule has 0 amide bonds. The first-order valence-electron chi connectivity index (χ1n) is 5.63. The van der Waals surface area contributed by atoms with Crippen molar-refractivity contribution in [2.24, 2.45) is 0 Å². The van der Waals surface area contributed by atoms with Gasteiger partial charge in [0, 0.05) is 6.08 Å². The number of hydrogen-bond acceptors (Lipinski definition) is 4. The van der Waals surface area contributed by atoms with Crippen LogP contribution in [0.4, 0.5) is 0 Å². The lowest BCUT2D eigenvalue weighted by Crippen LogP contribution is -1.86. The van der Waals surface area contributed by atoms with E-state index in [1.165, 1.54) is 11.3 Å². The van der Waals surface area contributed by atoms with E-state index in [0.717, 1.165) is 33.0 Å². The summed E-state index contributed by atoms with van der Waals surface area (Å²) in [7, 11) is 1.62. The minimum atomic E-state index is -0.966. The van der Waals surface area contributed by atoms with E-state index in [-0.39, 0.29) is 0 Å². The zero-order valence-corrected chi connectivity index (χ0v) is 11.4. The number of carboxylic acid groups (broad SMARTS) is 1. The molecule has 2 rings (SSSR count). The van der Waals surface area contributed by atoms with Crippen molar-refractivity contribution in [3.8, 4) is 16.3 Å². The normalized spacial score (nSPS) is 10.8. The fourth-order valence-corrected chi connectivity index (χ4v) is 2.65. The monoisotopic (exact) mass is 275 g/mol. The van der Waals surface area contributed by atoms with Gasteiger partial charge >= 0.3 is 5.97 Å². The minimum Gasteiger partial charge on any atom is -0.496 e. The summed E-state index contributed by atoms with van der Waals surface area (Å²) in [5.41, 5.74) is 1.72. The van der Waals surface area contributed by atoms with Crippen molar-refractivity contribution in [1.82, 2.24) is 4.98 Å². The number of methoxy groups -OCH3 is 1. The highest BCUT2D eigenvalue weighted by molar-refractivity contribution is 7.16. The van der Waals surface area contributed by atoms with Gasteiger partial charge < -0.3 is 9.84 Å². The molecule has 1 aromatic heterocycles. The van der Waals surface area contributed by atoms with Gasteiger partial charge in [0.1, 0.15) is 10.8 Å². The summed E-state index contributed by atoms with van der Waals surface area (Å²) in [6.45, 7) is 1.86. The van der Waals surface area contributed by atoms with Gasteiger partial charge in [-0.05, 0) is 25.1 Å². The van der Waals surface area contributed by atoms with Crippen LogP contribution in [0.5, 0.6) is 5.75 Å². The molecule has 19 heavy (non-hydrogen) atoms. The molecule has 0 fully saturated rings. The van der Waals surface area contributed by atoms with Crippen LogP contribution in [-0.4, -0.2) is 23.2 Å². The van der Waals surface area contributed by atoms with Crippen molar-refractivity contribution in [3.05, 3.63) is 40.9 Å². The topological polar surface area (TPSA) is 59.4 Å². The first-order valence-corrected chi connectivity index (χ1v) is 6.45. The summed E-state index contributed by atoms with van der Waals surface area (Å²) < 4.78 is 5.30. The molecule has 2 aromatic rings. The Bertz CT molecular complexity index is 631. The van der Waals surface area contributed by atoms with E-state index < -0.39 is 5.97 Å². The molecule has 1 heterocycles. The van der Waals surface area contributed by atoms with Crippen molar-refractivity contribution in [2.45, 2.75) is 6.92 Å². The van der Waals surface area contributed by atoms with Crippen LogP contribution in [0.2, 0.25) is 0 Å². The third-order valence-electron chi connectivity index (χ3n) is 2.55. The van der Waals surface area contributed by atoms with Gasteiger partial charge in [-0.2, -0.15) is 0 Å². The number of carbonyl (C=O) groups is 1. The maximum absolute atomic E-state index is 10.5. The molecule has 0 aliphatic carbocycles. The van der Waals surface area contributed by atoms with Gasteiger partial charge in [-0.15, -0.1) is 11.3 Å². The fraction of sp³-hybridized carbons (Fsp3) is 0.143.